The second kappa shape index (κ2) is 8.25. The van der Waals surface area contributed by atoms with Gasteiger partial charge in [0.2, 0.25) is 0 Å². The van der Waals surface area contributed by atoms with Crippen molar-refractivity contribution < 1.29 is 9.47 Å². The fraction of sp³-hybridized carbons (Fsp3) is 0.947. The highest BCUT2D eigenvalue weighted by Crippen LogP contribution is 2.38. The Hall–Kier alpha value is -0.500. The largest absolute Gasteiger partial charge is 0.381 e. The molecular weight excluding hydrogens is 348 g/mol. The van der Waals surface area contributed by atoms with Gasteiger partial charge in [-0.15, -0.1) is 0 Å². The first-order valence-corrected chi connectivity index (χ1v) is 11.4. The standard InChI is InChI=1S/C19H34N4O2S/c1-2-20-17(22-6-3-18(14-22)4-9-25-15-18)21-13-19(5-12-26-16-19)23-7-10-24-11-8-23/h2-16H2,1H3,(H,20,21). The van der Waals surface area contributed by atoms with E-state index in [0.717, 1.165) is 71.7 Å². The van der Waals surface area contributed by atoms with Gasteiger partial charge < -0.3 is 19.7 Å². The fourth-order valence-corrected chi connectivity index (χ4v) is 6.31. The Balaban J connectivity index is 1.46. The number of morpholine rings is 1. The van der Waals surface area contributed by atoms with Crippen LogP contribution in [-0.2, 0) is 9.47 Å². The first kappa shape index (κ1) is 18.8. The molecule has 0 aromatic rings. The van der Waals surface area contributed by atoms with Crippen LogP contribution < -0.4 is 5.32 Å². The number of rotatable bonds is 4. The van der Waals surface area contributed by atoms with Crippen molar-refractivity contribution in [3.63, 3.8) is 0 Å². The highest BCUT2D eigenvalue weighted by atomic mass is 32.2. The van der Waals surface area contributed by atoms with Gasteiger partial charge in [0.15, 0.2) is 5.96 Å². The number of guanidine groups is 1. The maximum atomic E-state index is 5.70. The summed E-state index contributed by atoms with van der Waals surface area (Å²) in [5.74, 6) is 3.57. The molecule has 148 valence electrons. The molecule has 4 aliphatic heterocycles. The Kier molecular flexibility index (Phi) is 5.98. The fourth-order valence-electron chi connectivity index (χ4n) is 4.84. The number of likely N-dealkylation sites (tertiary alicyclic amines) is 1. The van der Waals surface area contributed by atoms with E-state index in [1.807, 2.05) is 0 Å². The number of nitrogens with zero attached hydrogens (tertiary/aromatic N) is 3. The van der Waals surface area contributed by atoms with Crippen molar-refractivity contribution in [3.8, 4) is 0 Å². The Morgan fingerprint density at radius 3 is 2.69 bits per heavy atom. The summed E-state index contributed by atoms with van der Waals surface area (Å²) in [6.07, 6.45) is 3.69. The highest BCUT2D eigenvalue weighted by Gasteiger charge is 2.43. The van der Waals surface area contributed by atoms with Gasteiger partial charge in [-0.05, 0) is 31.9 Å². The monoisotopic (exact) mass is 382 g/mol. The summed E-state index contributed by atoms with van der Waals surface area (Å²) in [6.45, 7) is 11.9. The lowest BCUT2D eigenvalue weighted by Crippen LogP contribution is -2.56. The zero-order valence-corrected chi connectivity index (χ0v) is 17.0. The zero-order valence-electron chi connectivity index (χ0n) is 16.2. The van der Waals surface area contributed by atoms with Gasteiger partial charge in [-0.3, -0.25) is 9.89 Å². The summed E-state index contributed by atoms with van der Waals surface area (Å²) in [6, 6.07) is 0. The second-order valence-corrected chi connectivity index (χ2v) is 9.38. The number of ether oxygens (including phenoxy) is 2. The molecule has 0 aromatic carbocycles. The lowest BCUT2D eigenvalue weighted by Gasteiger charge is -2.42. The van der Waals surface area contributed by atoms with Crippen LogP contribution >= 0.6 is 11.8 Å². The van der Waals surface area contributed by atoms with Crippen molar-refractivity contribution in [2.75, 3.05) is 77.2 Å². The van der Waals surface area contributed by atoms with Gasteiger partial charge in [-0.25, -0.2) is 0 Å². The average molecular weight is 383 g/mol. The van der Waals surface area contributed by atoms with Gasteiger partial charge in [0.25, 0.3) is 0 Å². The predicted octanol–water partition coefficient (Wildman–Crippen LogP) is 1.27. The first-order chi connectivity index (χ1) is 12.8. The summed E-state index contributed by atoms with van der Waals surface area (Å²) in [5, 5.41) is 3.56. The van der Waals surface area contributed by atoms with Gasteiger partial charge in [0, 0.05) is 50.5 Å². The molecule has 26 heavy (non-hydrogen) atoms. The molecule has 6 nitrogen and oxygen atoms in total. The van der Waals surface area contributed by atoms with E-state index < -0.39 is 0 Å². The molecule has 0 aromatic heterocycles. The van der Waals surface area contributed by atoms with Crippen LogP contribution in [0, 0.1) is 5.41 Å². The topological polar surface area (TPSA) is 49.3 Å². The van der Waals surface area contributed by atoms with Crippen molar-refractivity contribution in [3.05, 3.63) is 0 Å². The normalized spacial score (nSPS) is 36.3. The molecule has 4 rings (SSSR count). The quantitative estimate of drug-likeness (QED) is 0.584. The third kappa shape index (κ3) is 3.86. The van der Waals surface area contributed by atoms with Crippen LogP contribution in [0.25, 0.3) is 0 Å². The van der Waals surface area contributed by atoms with E-state index in [9.17, 15) is 0 Å². The van der Waals surface area contributed by atoms with Crippen LogP contribution in [0.2, 0.25) is 0 Å². The van der Waals surface area contributed by atoms with Crippen LogP contribution in [0.4, 0.5) is 0 Å². The summed E-state index contributed by atoms with van der Waals surface area (Å²) in [7, 11) is 0. The van der Waals surface area contributed by atoms with Gasteiger partial charge in [0.05, 0.1) is 31.9 Å². The third-order valence-corrected chi connectivity index (χ3v) is 7.78. The third-order valence-electron chi connectivity index (χ3n) is 6.55. The second-order valence-electron chi connectivity index (χ2n) is 8.27. The molecule has 4 heterocycles. The maximum Gasteiger partial charge on any atom is 0.194 e. The Bertz CT molecular complexity index is 498. The lowest BCUT2D eigenvalue weighted by molar-refractivity contribution is -0.0105. The number of nitrogens with one attached hydrogen (secondary N) is 1. The van der Waals surface area contributed by atoms with E-state index in [4.69, 9.17) is 14.5 Å². The van der Waals surface area contributed by atoms with Crippen molar-refractivity contribution in [2.24, 2.45) is 10.4 Å². The summed E-state index contributed by atoms with van der Waals surface area (Å²) in [4.78, 5) is 10.3. The van der Waals surface area contributed by atoms with E-state index in [2.05, 4.69) is 33.8 Å². The Labute approximate surface area is 162 Å². The SMILES string of the molecule is CCNC(=NCC1(N2CCOCC2)CCSC1)N1CCC2(CCOC2)C1. The van der Waals surface area contributed by atoms with Crippen molar-refractivity contribution in [1.29, 1.82) is 0 Å². The smallest absolute Gasteiger partial charge is 0.194 e. The van der Waals surface area contributed by atoms with Crippen LogP contribution in [0.1, 0.15) is 26.2 Å². The molecule has 4 saturated heterocycles. The molecular formula is C19H34N4O2S. The summed E-state index contributed by atoms with van der Waals surface area (Å²) in [5.41, 5.74) is 0.601. The number of thioether (sulfide) groups is 1. The average Bonchev–Trinajstić information content (AvgIpc) is 3.43. The Morgan fingerprint density at radius 2 is 2.00 bits per heavy atom. The van der Waals surface area contributed by atoms with Gasteiger partial charge in [-0.2, -0.15) is 11.8 Å². The zero-order chi connectivity index (χ0) is 17.9. The van der Waals surface area contributed by atoms with E-state index in [1.54, 1.807) is 0 Å². The van der Waals surface area contributed by atoms with Crippen LogP contribution in [-0.4, -0.2) is 98.5 Å². The molecule has 4 fully saturated rings. The minimum absolute atomic E-state index is 0.225. The van der Waals surface area contributed by atoms with Crippen LogP contribution in [0.15, 0.2) is 4.99 Å². The molecule has 7 heteroatoms. The molecule has 1 spiro atoms. The van der Waals surface area contributed by atoms with Crippen molar-refractivity contribution >= 4 is 17.7 Å². The molecule has 0 radical (unpaired) electrons. The predicted molar refractivity (Wildman–Crippen MR) is 107 cm³/mol. The molecule has 0 bridgehead atoms. The Morgan fingerprint density at radius 1 is 1.12 bits per heavy atom. The van der Waals surface area contributed by atoms with Gasteiger partial charge in [-0.1, -0.05) is 0 Å². The first-order valence-electron chi connectivity index (χ1n) is 10.3. The van der Waals surface area contributed by atoms with E-state index >= 15 is 0 Å². The van der Waals surface area contributed by atoms with Crippen LogP contribution in [0.5, 0.6) is 0 Å². The molecule has 0 amide bonds. The lowest BCUT2D eigenvalue weighted by atomic mass is 9.87. The number of hydrogen-bond acceptors (Lipinski definition) is 5. The molecule has 0 aliphatic carbocycles. The molecule has 4 aliphatic rings. The summed E-state index contributed by atoms with van der Waals surface area (Å²) >= 11 is 2.08. The maximum absolute atomic E-state index is 5.70. The van der Waals surface area contributed by atoms with Crippen molar-refractivity contribution in [1.82, 2.24) is 15.1 Å². The number of aliphatic imine (C=N–C) groups is 1. The summed E-state index contributed by atoms with van der Waals surface area (Å²) < 4.78 is 11.3. The van der Waals surface area contributed by atoms with E-state index in [1.165, 1.54) is 30.8 Å². The number of hydrogen-bond donors (Lipinski definition) is 1. The molecule has 1 N–H and O–H groups in total. The highest BCUT2D eigenvalue weighted by molar-refractivity contribution is 7.99. The van der Waals surface area contributed by atoms with Crippen LogP contribution in [0.3, 0.4) is 0 Å². The van der Waals surface area contributed by atoms with Crippen molar-refractivity contribution in [2.45, 2.75) is 31.7 Å². The van der Waals surface area contributed by atoms with E-state index in [-0.39, 0.29) is 5.54 Å². The molecule has 0 saturated carbocycles. The minimum atomic E-state index is 0.225. The molecule has 2 unspecified atom stereocenters. The van der Waals surface area contributed by atoms with Gasteiger partial charge in [0.1, 0.15) is 0 Å². The molecule has 2 atom stereocenters. The minimum Gasteiger partial charge on any atom is -0.381 e. The van der Waals surface area contributed by atoms with E-state index in [0.29, 0.717) is 5.41 Å². The van der Waals surface area contributed by atoms with Gasteiger partial charge >= 0.3 is 0 Å².